The maximum absolute atomic E-state index is 12.9. The van der Waals surface area contributed by atoms with Crippen molar-refractivity contribution in [3.63, 3.8) is 0 Å². The van der Waals surface area contributed by atoms with Crippen LogP contribution >= 0.6 is 0 Å². The monoisotopic (exact) mass is 486 g/mol. The Morgan fingerprint density at radius 3 is 2.71 bits per heavy atom. The minimum Gasteiger partial charge on any atom is -0.463 e. The number of ether oxygens (including phenoxy) is 1. The molecule has 0 fully saturated rings. The Kier molecular flexibility index (Phi) is 6.28. The molecule has 0 bridgehead atoms. The number of para-hydroxylation sites is 1. The molecule has 2 aromatic heterocycles. The van der Waals surface area contributed by atoms with Gasteiger partial charge in [0.1, 0.15) is 11.4 Å². The number of nitrogens with zero attached hydrogens (tertiary/aromatic N) is 3. The molecule has 9 nitrogen and oxygen atoms in total. The average molecular weight is 486 g/mol. The fourth-order valence-electron chi connectivity index (χ4n) is 3.47. The summed E-state index contributed by atoms with van der Waals surface area (Å²) >= 11 is 0. The van der Waals surface area contributed by atoms with E-state index in [9.17, 15) is 28.1 Å². The van der Waals surface area contributed by atoms with E-state index in [0.29, 0.717) is 23.9 Å². The van der Waals surface area contributed by atoms with E-state index in [1.54, 1.807) is 12.3 Å². The minimum absolute atomic E-state index is 0.0723. The normalized spacial score (nSPS) is 11.8. The second-order valence-electron chi connectivity index (χ2n) is 7.34. The number of aromatic nitrogens is 1. The molecular weight excluding hydrogens is 469 g/mol. The lowest BCUT2D eigenvalue weighted by atomic mass is 10.1. The zero-order chi connectivity index (χ0) is 25.2. The van der Waals surface area contributed by atoms with Crippen molar-refractivity contribution in [2.75, 3.05) is 12.5 Å². The summed E-state index contributed by atoms with van der Waals surface area (Å²) in [6.45, 7) is 0.295. The number of anilines is 1. The SMILES string of the molecule is COC(=O)c1ccc(Cn2cc(/C=N/Nc3ccc(C(F)(F)F)cc3[N+](=O)[O-])c3ccccc32)o1. The van der Waals surface area contributed by atoms with Gasteiger partial charge in [-0.2, -0.15) is 18.3 Å². The van der Waals surface area contributed by atoms with Crippen molar-refractivity contribution in [3.8, 4) is 0 Å². The fourth-order valence-corrected chi connectivity index (χ4v) is 3.47. The molecular formula is C23H17F3N4O5. The first-order chi connectivity index (χ1) is 16.7. The Labute approximate surface area is 195 Å². The summed E-state index contributed by atoms with van der Waals surface area (Å²) in [6.07, 6.45) is -1.54. The number of carbonyl (C=O) groups is 1. The lowest BCUT2D eigenvalue weighted by molar-refractivity contribution is -0.384. The first kappa shape index (κ1) is 23.5. The van der Waals surface area contributed by atoms with E-state index in [0.717, 1.165) is 23.0 Å². The molecule has 0 amide bonds. The topological polar surface area (TPSA) is 112 Å². The molecule has 2 aromatic carbocycles. The van der Waals surface area contributed by atoms with Crippen molar-refractivity contribution >= 4 is 34.5 Å². The summed E-state index contributed by atoms with van der Waals surface area (Å²) in [5, 5.41) is 16.1. The molecule has 0 aliphatic heterocycles. The van der Waals surface area contributed by atoms with Crippen LogP contribution in [0.5, 0.6) is 0 Å². The summed E-state index contributed by atoms with van der Waals surface area (Å²) < 4.78 is 50.7. The van der Waals surface area contributed by atoms with E-state index in [4.69, 9.17) is 4.42 Å². The first-order valence-corrected chi connectivity index (χ1v) is 10.1. The van der Waals surface area contributed by atoms with Gasteiger partial charge in [-0.05, 0) is 30.3 Å². The van der Waals surface area contributed by atoms with Crippen LogP contribution in [-0.4, -0.2) is 28.8 Å². The van der Waals surface area contributed by atoms with Gasteiger partial charge in [-0.1, -0.05) is 18.2 Å². The van der Waals surface area contributed by atoms with Gasteiger partial charge in [0.15, 0.2) is 0 Å². The van der Waals surface area contributed by atoms with Crippen LogP contribution in [0.15, 0.2) is 70.3 Å². The highest BCUT2D eigenvalue weighted by Crippen LogP contribution is 2.35. The van der Waals surface area contributed by atoms with Gasteiger partial charge in [0.2, 0.25) is 5.76 Å². The highest BCUT2D eigenvalue weighted by atomic mass is 19.4. The Morgan fingerprint density at radius 1 is 1.23 bits per heavy atom. The largest absolute Gasteiger partial charge is 0.463 e. The quantitative estimate of drug-likeness (QED) is 0.161. The maximum Gasteiger partial charge on any atom is 0.416 e. The summed E-state index contributed by atoms with van der Waals surface area (Å²) in [4.78, 5) is 22.0. The Morgan fingerprint density at radius 2 is 2.00 bits per heavy atom. The molecule has 0 atom stereocenters. The third kappa shape index (κ3) is 5.00. The molecule has 35 heavy (non-hydrogen) atoms. The first-order valence-electron chi connectivity index (χ1n) is 10.1. The number of esters is 1. The number of hydrazone groups is 1. The number of methoxy groups -OCH3 is 1. The number of nitro benzene ring substituents is 1. The van der Waals surface area contributed by atoms with Crippen LogP contribution in [-0.2, 0) is 17.5 Å². The van der Waals surface area contributed by atoms with Gasteiger partial charge in [-0.25, -0.2) is 4.79 Å². The van der Waals surface area contributed by atoms with Crippen LogP contribution < -0.4 is 5.43 Å². The molecule has 12 heteroatoms. The number of nitro groups is 1. The minimum atomic E-state index is -4.71. The second-order valence-corrected chi connectivity index (χ2v) is 7.34. The third-order valence-electron chi connectivity index (χ3n) is 5.10. The Hall–Kier alpha value is -4.61. The molecule has 4 rings (SSSR count). The molecule has 0 saturated heterocycles. The zero-order valence-electron chi connectivity index (χ0n) is 18.1. The molecule has 2 heterocycles. The van der Waals surface area contributed by atoms with E-state index >= 15 is 0 Å². The van der Waals surface area contributed by atoms with Gasteiger partial charge in [0.05, 0.1) is 30.4 Å². The second kappa shape index (κ2) is 9.33. The Balaban J connectivity index is 1.60. The van der Waals surface area contributed by atoms with Gasteiger partial charge in [0, 0.05) is 28.7 Å². The molecule has 0 aliphatic rings. The summed E-state index contributed by atoms with van der Waals surface area (Å²) in [7, 11) is 1.25. The van der Waals surface area contributed by atoms with Crippen LogP contribution in [0.3, 0.4) is 0 Å². The summed E-state index contributed by atoms with van der Waals surface area (Å²) in [5.74, 6) is -0.0129. The number of benzene rings is 2. The van der Waals surface area contributed by atoms with Gasteiger partial charge >= 0.3 is 12.1 Å². The van der Waals surface area contributed by atoms with E-state index in [2.05, 4.69) is 15.3 Å². The van der Waals surface area contributed by atoms with E-state index in [-0.39, 0.29) is 11.4 Å². The van der Waals surface area contributed by atoms with Crippen molar-refractivity contribution in [1.82, 2.24) is 4.57 Å². The molecule has 0 radical (unpaired) electrons. The summed E-state index contributed by atoms with van der Waals surface area (Å²) in [6, 6.07) is 12.7. The smallest absolute Gasteiger partial charge is 0.416 e. The van der Waals surface area contributed by atoms with E-state index in [1.165, 1.54) is 19.4 Å². The van der Waals surface area contributed by atoms with Gasteiger partial charge in [-0.3, -0.25) is 15.5 Å². The zero-order valence-corrected chi connectivity index (χ0v) is 18.1. The van der Waals surface area contributed by atoms with E-state index in [1.807, 2.05) is 28.8 Å². The number of carbonyl (C=O) groups excluding carboxylic acids is 1. The van der Waals surface area contributed by atoms with Crippen LogP contribution in [0.4, 0.5) is 24.5 Å². The lowest BCUT2D eigenvalue weighted by Crippen LogP contribution is -2.06. The van der Waals surface area contributed by atoms with Gasteiger partial charge in [-0.15, -0.1) is 0 Å². The maximum atomic E-state index is 12.9. The number of halogens is 3. The number of rotatable bonds is 7. The van der Waals surface area contributed by atoms with E-state index < -0.39 is 28.3 Å². The van der Waals surface area contributed by atoms with Gasteiger partial charge in [0.25, 0.3) is 5.69 Å². The van der Waals surface area contributed by atoms with Crippen molar-refractivity contribution < 1.29 is 32.0 Å². The number of fused-ring (bicyclic) bond motifs is 1. The third-order valence-corrected chi connectivity index (χ3v) is 5.10. The molecule has 0 aliphatic carbocycles. The average Bonchev–Trinajstić information content (AvgIpc) is 3.43. The van der Waals surface area contributed by atoms with Crippen molar-refractivity contribution in [2.24, 2.45) is 5.10 Å². The van der Waals surface area contributed by atoms with Crippen LogP contribution in [0, 0.1) is 10.1 Å². The predicted molar refractivity (Wildman–Crippen MR) is 120 cm³/mol. The predicted octanol–water partition coefficient (Wildman–Crippen LogP) is 5.44. The van der Waals surface area contributed by atoms with Crippen LogP contribution in [0.1, 0.15) is 27.4 Å². The lowest BCUT2D eigenvalue weighted by Gasteiger charge is -2.08. The molecule has 1 N–H and O–H groups in total. The highest BCUT2D eigenvalue weighted by molar-refractivity contribution is 5.99. The van der Waals surface area contributed by atoms with Crippen LogP contribution in [0.2, 0.25) is 0 Å². The molecule has 0 saturated carbocycles. The Bertz CT molecular complexity index is 1440. The number of nitrogens with one attached hydrogen (secondary N) is 1. The molecule has 180 valence electrons. The van der Waals surface area contributed by atoms with Crippen molar-refractivity contribution in [2.45, 2.75) is 12.7 Å². The van der Waals surface area contributed by atoms with Crippen molar-refractivity contribution in [1.29, 1.82) is 0 Å². The number of hydrogen-bond acceptors (Lipinski definition) is 7. The van der Waals surface area contributed by atoms with Crippen LogP contribution in [0.25, 0.3) is 10.9 Å². The number of hydrogen-bond donors (Lipinski definition) is 1. The van der Waals surface area contributed by atoms with Gasteiger partial charge < -0.3 is 13.7 Å². The van der Waals surface area contributed by atoms with Crippen molar-refractivity contribution in [3.05, 3.63) is 93.6 Å². The molecule has 0 spiro atoms. The molecule has 0 unspecified atom stereocenters. The number of alkyl halides is 3. The standard InChI is InChI=1S/C23H17F3N4O5/c1-34-22(31)21-9-7-16(35-21)13-29-12-14(17-4-2-3-5-19(17)29)11-27-28-18-8-6-15(23(24,25)26)10-20(18)30(32)33/h2-12,28H,13H2,1H3/b27-11+. The summed E-state index contributed by atoms with van der Waals surface area (Å²) in [5.41, 5.74) is 1.85. The highest BCUT2D eigenvalue weighted by Gasteiger charge is 2.33. The number of furan rings is 1. The molecule has 4 aromatic rings. The fraction of sp³-hybridized carbons (Fsp3) is 0.130.